The molecular formula is C26H29F3N4O3. The summed E-state index contributed by atoms with van der Waals surface area (Å²) in [7, 11) is 0. The Kier molecular flexibility index (Phi) is 7.23. The van der Waals surface area contributed by atoms with Crippen molar-refractivity contribution in [3.8, 4) is 0 Å². The molecule has 2 aliphatic heterocycles. The summed E-state index contributed by atoms with van der Waals surface area (Å²) in [6, 6.07) is 14.3. The summed E-state index contributed by atoms with van der Waals surface area (Å²) in [5.41, 5.74) is -0.459. The maximum atomic E-state index is 13.7. The Labute approximate surface area is 207 Å². The number of benzene rings is 2. The van der Waals surface area contributed by atoms with Gasteiger partial charge in [-0.05, 0) is 42.7 Å². The van der Waals surface area contributed by atoms with Gasteiger partial charge in [0, 0.05) is 31.7 Å². The van der Waals surface area contributed by atoms with E-state index in [9.17, 15) is 27.6 Å². The minimum atomic E-state index is -4.46. The van der Waals surface area contributed by atoms with E-state index >= 15 is 0 Å². The standard InChI is InChI=1S/C26H29F3N4O3/c1-2-23(35)31-13-11-25(12-14-31)24(36)32(18-33(25)21-9-4-3-5-10-21)17-22(34)30-16-19-7-6-8-20(15-19)26(27,28)29/h3-10,15H,2,11-14,16-18H2,1H3,(H,30,34). The van der Waals surface area contributed by atoms with Gasteiger partial charge in [0.25, 0.3) is 5.91 Å². The lowest BCUT2D eigenvalue weighted by atomic mass is 9.85. The highest BCUT2D eigenvalue weighted by Crippen LogP contribution is 2.39. The quantitative estimate of drug-likeness (QED) is 0.657. The topological polar surface area (TPSA) is 73.0 Å². The number of carbonyl (C=O) groups is 3. The van der Waals surface area contributed by atoms with Gasteiger partial charge < -0.3 is 20.0 Å². The number of nitrogens with one attached hydrogen (secondary N) is 1. The van der Waals surface area contributed by atoms with Crippen molar-refractivity contribution in [2.45, 2.75) is 44.4 Å². The number of nitrogens with zero attached hydrogens (tertiary/aromatic N) is 3. The highest BCUT2D eigenvalue weighted by Gasteiger charge is 2.54. The molecular weight excluding hydrogens is 473 g/mol. The first-order valence-corrected chi connectivity index (χ1v) is 12.0. The predicted octanol–water partition coefficient (Wildman–Crippen LogP) is 3.40. The van der Waals surface area contributed by atoms with Crippen LogP contribution in [0, 0.1) is 0 Å². The van der Waals surface area contributed by atoms with Gasteiger partial charge in [-0.3, -0.25) is 14.4 Å². The molecule has 2 aliphatic rings. The third-order valence-corrected chi connectivity index (χ3v) is 6.91. The summed E-state index contributed by atoms with van der Waals surface area (Å²) in [4.78, 5) is 43.8. The zero-order valence-electron chi connectivity index (χ0n) is 20.1. The largest absolute Gasteiger partial charge is 0.416 e. The Morgan fingerprint density at radius 3 is 2.36 bits per heavy atom. The summed E-state index contributed by atoms with van der Waals surface area (Å²) in [5.74, 6) is -0.582. The second-order valence-electron chi connectivity index (χ2n) is 9.15. The molecule has 10 heteroatoms. The average Bonchev–Trinajstić information content (AvgIpc) is 3.13. The van der Waals surface area contributed by atoms with Crippen molar-refractivity contribution >= 4 is 23.4 Å². The van der Waals surface area contributed by atoms with Gasteiger partial charge >= 0.3 is 6.18 Å². The first-order chi connectivity index (χ1) is 17.1. The molecule has 0 atom stereocenters. The lowest BCUT2D eigenvalue weighted by Crippen LogP contribution is -2.57. The highest BCUT2D eigenvalue weighted by atomic mass is 19.4. The van der Waals surface area contributed by atoms with Crippen molar-refractivity contribution in [2.75, 3.05) is 31.2 Å². The molecule has 2 heterocycles. The van der Waals surface area contributed by atoms with Crippen LogP contribution in [0.25, 0.3) is 0 Å². The van der Waals surface area contributed by atoms with Crippen LogP contribution in [0.3, 0.4) is 0 Å². The molecule has 2 aromatic carbocycles. The van der Waals surface area contributed by atoms with E-state index in [0.717, 1.165) is 17.8 Å². The Hall–Kier alpha value is -3.56. The molecule has 1 N–H and O–H groups in total. The maximum Gasteiger partial charge on any atom is 0.416 e. The summed E-state index contributed by atoms with van der Waals surface area (Å²) >= 11 is 0. The molecule has 4 rings (SSSR count). The first-order valence-electron chi connectivity index (χ1n) is 12.0. The van der Waals surface area contributed by atoms with Gasteiger partial charge in [0.2, 0.25) is 11.8 Å². The number of carbonyl (C=O) groups excluding carboxylic acids is 3. The fourth-order valence-corrected chi connectivity index (χ4v) is 4.96. The van der Waals surface area contributed by atoms with Crippen LogP contribution >= 0.6 is 0 Å². The number of halogens is 3. The Bertz CT molecular complexity index is 1110. The van der Waals surface area contributed by atoms with E-state index in [4.69, 9.17) is 0 Å². The molecule has 36 heavy (non-hydrogen) atoms. The summed E-state index contributed by atoms with van der Waals surface area (Å²) < 4.78 is 38.9. The first kappa shape index (κ1) is 25.5. The van der Waals surface area contributed by atoms with Gasteiger partial charge in [0.1, 0.15) is 12.1 Å². The lowest BCUT2D eigenvalue weighted by molar-refractivity contribution is -0.139. The van der Waals surface area contributed by atoms with Gasteiger partial charge in [-0.15, -0.1) is 0 Å². The third-order valence-electron chi connectivity index (χ3n) is 6.91. The van der Waals surface area contributed by atoms with Crippen LogP contribution in [-0.4, -0.2) is 59.4 Å². The third kappa shape index (κ3) is 5.17. The molecule has 2 aromatic rings. The smallest absolute Gasteiger partial charge is 0.350 e. The van der Waals surface area contributed by atoms with Crippen molar-refractivity contribution < 1.29 is 27.6 Å². The Balaban J connectivity index is 1.46. The van der Waals surface area contributed by atoms with Gasteiger partial charge in [0.15, 0.2) is 0 Å². The molecule has 0 radical (unpaired) electrons. The highest BCUT2D eigenvalue weighted by molar-refractivity contribution is 5.96. The van der Waals surface area contributed by atoms with Crippen LogP contribution in [-0.2, 0) is 27.1 Å². The van der Waals surface area contributed by atoms with Crippen molar-refractivity contribution in [1.29, 1.82) is 0 Å². The molecule has 0 saturated carbocycles. The second-order valence-corrected chi connectivity index (χ2v) is 9.15. The molecule has 1 spiro atoms. The SMILES string of the molecule is CCC(=O)N1CCC2(CC1)C(=O)N(CC(=O)NCc1cccc(C(F)(F)F)c1)CN2c1ccccc1. The molecule has 0 unspecified atom stereocenters. The monoisotopic (exact) mass is 502 g/mol. The summed E-state index contributed by atoms with van der Waals surface area (Å²) in [6.07, 6.45) is -3.15. The van der Waals surface area contributed by atoms with Gasteiger partial charge in [-0.1, -0.05) is 37.3 Å². The van der Waals surface area contributed by atoms with Crippen molar-refractivity contribution in [1.82, 2.24) is 15.1 Å². The van der Waals surface area contributed by atoms with Crippen molar-refractivity contribution in [3.63, 3.8) is 0 Å². The molecule has 7 nitrogen and oxygen atoms in total. The minimum Gasteiger partial charge on any atom is -0.350 e. The number of para-hydroxylation sites is 1. The lowest BCUT2D eigenvalue weighted by Gasteiger charge is -2.43. The van der Waals surface area contributed by atoms with Crippen LogP contribution in [0.1, 0.15) is 37.3 Å². The van der Waals surface area contributed by atoms with Crippen LogP contribution in [0.5, 0.6) is 0 Å². The maximum absolute atomic E-state index is 13.7. The number of hydrogen-bond acceptors (Lipinski definition) is 4. The molecule has 3 amide bonds. The fraction of sp³-hybridized carbons (Fsp3) is 0.423. The van der Waals surface area contributed by atoms with E-state index in [1.807, 2.05) is 42.2 Å². The number of likely N-dealkylation sites (tertiary alicyclic amines) is 1. The number of piperidine rings is 1. The molecule has 2 fully saturated rings. The van der Waals surface area contributed by atoms with Crippen LogP contribution in [0.4, 0.5) is 18.9 Å². The van der Waals surface area contributed by atoms with E-state index in [2.05, 4.69) is 5.32 Å². The Morgan fingerprint density at radius 2 is 1.72 bits per heavy atom. The van der Waals surface area contributed by atoms with Gasteiger partial charge in [-0.2, -0.15) is 13.2 Å². The zero-order valence-corrected chi connectivity index (χ0v) is 20.1. The van der Waals surface area contributed by atoms with E-state index in [1.165, 1.54) is 17.0 Å². The molecule has 0 aromatic heterocycles. The number of anilines is 1. The van der Waals surface area contributed by atoms with Crippen LogP contribution < -0.4 is 10.2 Å². The van der Waals surface area contributed by atoms with Crippen LogP contribution in [0.15, 0.2) is 54.6 Å². The van der Waals surface area contributed by atoms with E-state index in [1.54, 1.807) is 4.90 Å². The summed E-state index contributed by atoms with van der Waals surface area (Å²) in [5, 5.41) is 2.63. The van der Waals surface area contributed by atoms with Crippen molar-refractivity contribution in [2.24, 2.45) is 0 Å². The summed E-state index contributed by atoms with van der Waals surface area (Å²) in [6.45, 7) is 2.65. The van der Waals surface area contributed by atoms with Crippen molar-refractivity contribution in [3.05, 3.63) is 65.7 Å². The van der Waals surface area contributed by atoms with E-state index in [-0.39, 0.29) is 31.6 Å². The van der Waals surface area contributed by atoms with Crippen LogP contribution in [0.2, 0.25) is 0 Å². The predicted molar refractivity (Wildman–Crippen MR) is 128 cm³/mol. The van der Waals surface area contributed by atoms with E-state index < -0.39 is 23.2 Å². The number of rotatable bonds is 6. The molecule has 2 saturated heterocycles. The molecule has 0 bridgehead atoms. The molecule has 192 valence electrons. The molecule has 0 aliphatic carbocycles. The fourth-order valence-electron chi connectivity index (χ4n) is 4.96. The average molecular weight is 503 g/mol. The zero-order chi connectivity index (χ0) is 25.9. The second kappa shape index (κ2) is 10.2. The number of amides is 3. The normalized spacial score (nSPS) is 17.6. The van der Waals surface area contributed by atoms with E-state index in [0.29, 0.717) is 37.9 Å². The number of hydrogen-bond donors (Lipinski definition) is 1. The number of alkyl halides is 3. The Morgan fingerprint density at radius 1 is 1.03 bits per heavy atom. The minimum absolute atomic E-state index is 0.0485. The van der Waals surface area contributed by atoms with Gasteiger partial charge in [0.05, 0.1) is 12.2 Å². The van der Waals surface area contributed by atoms with Gasteiger partial charge in [-0.25, -0.2) is 0 Å².